The molecule has 1 aliphatic rings. The second kappa shape index (κ2) is 4.53. The summed E-state index contributed by atoms with van der Waals surface area (Å²) >= 11 is 0. The van der Waals surface area contributed by atoms with Gasteiger partial charge in [0.25, 0.3) is 0 Å². The van der Waals surface area contributed by atoms with Gasteiger partial charge in [-0.3, -0.25) is 4.68 Å². The van der Waals surface area contributed by atoms with Crippen molar-refractivity contribution in [3.05, 3.63) is 12.5 Å². The minimum atomic E-state index is 0.901. The van der Waals surface area contributed by atoms with Crippen molar-refractivity contribution in [3.8, 4) is 0 Å². The Morgan fingerprint density at radius 3 is 2.83 bits per heavy atom. The standard InChI is InChI=1S/C12H18N6/c1-16-4-3-5-18(7-6-16)12-10-8-15-17(2)11(10)13-9-14-12/h8-9H,3-7H2,1-2H3. The maximum absolute atomic E-state index is 4.45. The summed E-state index contributed by atoms with van der Waals surface area (Å²) in [4.78, 5) is 13.4. The number of likely N-dealkylation sites (N-methyl/N-ethyl adjacent to an activating group) is 1. The number of hydrogen-bond acceptors (Lipinski definition) is 5. The molecule has 96 valence electrons. The smallest absolute Gasteiger partial charge is 0.163 e. The second-order valence-corrected chi connectivity index (χ2v) is 4.85. The summed E-state index contributed by atoms with van der Waals surface area (Å²) in [6.07, 6.45) is 4.66. The molecule has 0 aromatic carbocycles. The first-order valence-electron chi connectivity index (χ1n) is 6.32. The maximum atomic E-state index is 4.45. The third kappa shape index (κ3) is 1.92. The van der Waals surface area contributed by atoms with Crippen molar-refractivity contribution in [2.45, 2.75) is 6.42 Å². The van der Waals surface area contributed by atoms with Gasteiger partial charge in [0.15, 0.2) is 5.65 Å². The van der Waals surface area contributed by atoms with Crippen LogP contribution >= 0.6 is 0 Å². The number of aromatic nitrogens is 4. The van der Waals surface area contributed by atoms with E-state index >= 15 is 0 Å². The van der Waals surface area contributed by atoms with Crippen LogP contribution in [0.4, 0.5) is 5.82 Å². The summed E-state index contributed by atoms with van der Waals surface area (Å²) in [6.45, 7) is 4.28. The minimum Gasteiger partial charge on any atom is -0.355 e. The highest BCUT2D eigenvalue weighted by atomic mass is 15.3. The van der Waals surface area contributed by atoms with E-state index in [9.17, 15) is 0 Å². The Balaban J connectivity index is 1.98. The van der Waals surface area contributed by atoms with E-state index in [0.29, 0.717) is 0 Å². The van der Waals surface area contributed by atoms with Gasteiger partial charge in [0.2, 0.25) is 0 Å². The minimum absolute atomic E-state index is 0.901. The van der Waals surface area contributed by atoms with Gasteiger partial charge in [-0.05, 0) is 20.0 Å². The molecule has 0 spiro atoms. The number of nitrogens with zero attached hydrogens (tertiary/aromatic N) is 6. The monoisotopic (exact) mass is 246 g/mol. The van der Waals surface area contributed by atoms with Crippen molar-refractivity contribution < 1.29 is 0 Å². The van der Waals surface area contributed by atoms with Gasteiger partial charge < -0.3 is 9.80 Å². The SMILES string of the molecule is CN1CCCN(c2ncnc3c2cnn3C)CC1. The molecule has 0 radical (unpaired) electrons. The Bertz CT molecular complexity index is 548. The lowest BCUT2D eigenvalue weighted by Gasteiger charge is -2.21. The van der Waals surface area contributed by atoms with Crippen LogP contribution in [0.5, 0.6) is 0 Å². The zero-order valence-electron chi connectivity index (χ0n) is 10.9. The van der Waals surface area contributed by atoms with Crippen molar-refractivity contribution in [2.75, 3.05) is 38.1 Å². The van der Waals surface area contributed by atoms with E-state index in [4.69, 9.17) is 0 Å². The van der Waals surface area contributed by atoms with Gasteiger partial charge in [0.05, 0.1) is 11.6 Å². The number of rotatable bonds is 1. The lowest BCUT2D eigenvalue weighted by atomic mass is 10.3. The van der Waals surface area contributed by atoms with Gasteiger partial charge in [0, 0.05) is 26.7 Å². The molecule has 6 nitrogen and oxygen atoms in total. The van der Waals surface area contributed by atoms with E-state index in [1.54, 1.807) is 11.0 Å². The Hall–Kier alpha value is -1.69. The van der Waals surface area contributed by atoms with E-state index < -0.39 is 0 Å². The average Bonchev–Trinajstić information content (AvgIpc) is 2.62. The molecule has 0 atom stereocenters. The molecule has 1 saturated heterocycles. The second-order valence-electron chi connectivity index (χ2n) is 4.85. The molecule has 0 saturated carbocycles. The van der Waals surface area contributed by atoms with Crippen LogP contribution in [0.1, 0.15) is 6.42 Å². The van der Waals surface area contributed by atoms with Crippen LogP contribution in [0.15, 0.2) is 12.5 Å². The molecule has 6 heteroatoms. The molecule has 0 N–H and O–H groups in total. The fraction of sp³-hybridized carbons (Fsp3) is 0.583. The number of anilines is 1. The quantitative estimate of drug-likeness (QED) is 0.733. The maximum Gasteiger partial charge on any atom is 0.163 e. The van der Waals surface area contributed by atoms with Crippen molar-refractivity contribution in [2.24, 2.45) is 7.05 Å². The first-order valence-corrected chi connectivity index (χ1v) is 6.32. The van der Waals surface area contributed by atoms with Gasteiger partial charge in [-0.25, -0.2) is 9.97 Å². The molecule has 1 aliphatic heterocycles. The van der Waals surface area contributed by atoms with Crippen molar-refractivity contribution in [1.82, 2.24) is 24.6 Å². The number of aryl methyl sites for hydroxylation is 1. The Kier molecular flexibility index (Phi) is 2.87. The van der Waals surface area contributed by atoms with Gasteiger partial charge in [-0.15, -0.1) is 0 Å². The van der Waals surface area contributed by atoms with Gasteiger partial charge in [-0.1, -0.05) is 0 Å². The predicted octanol–water partition coefficient (Wildman–Crippen LogP) is 0.505. The molecular formula is C12H18N6. The van der Waals surface area contributed by atoms with Crippen LogP contribution in [0.3, 0.4) is 0 Å². The lowest BCUT2D eigenvalue weighted by Crippen LogP contribution is -2.29. The highest BCUT2D eigenvalue weighted by molar-refractivity contribution is 5.86. The van der Waals surface area contributed by atoms with Crippen LogP contribution in [0.2, 0.25) is 0 Å². The predicted molar refractivity (Wildman–Crippen MR) is 70.6 cm³/mol. The number of hydrogen-bond donors (Lipinski definition) is 0. The third-order valence-corrected chi connectivity index (χ3v) is 3.53. The van der Waals surface area contributed by atoms with Crippen molar-refractivity contribution in [3.63, 3.8) is 0 Å². The molecule has 0 bridgehead atoms. The largest absolute Gasteiger partial charge is 0.355 e. The molecule has 18 heavy (non-hydrogen) atoms. The lowest BCUT2D eigenvalue weighted by molar-refractivity contribution is 0.360. The summed E-state index contributed by atoms with van der Waals surface area (Å²) in [5.41, 5.74) is 0.901. The summed E-state index contributed by atoms with van der Waals surface area (Å²) in [5.74, 6) is 1.02. The summed E-state index contributed by atoms with van der Waals surface area (Å²) in [7, 11) is 4.08. The van der Waals surface area contributed by atoms with Crippen LogP contribution in [-0.4, -0.2) is 57.9 Å². The topological polar surface area (TPSA) is 50.1 Å². The van der Waals surface area contributed by atoms with Crippen molar-refractivity contribution in [1.29, 1.82) is 0 Å². The summed E-state index contributed by atoms with van der Waals surface area (Å²) in [5, 5.41) is 5.31. The average molecular weight is 246 g/mol. The van der Waals surface area contributed by atoms with Crippen LogP contribution in [0.25, 0.3) is 11.0 Å². The normalized spacial score (nSPS) is 18.2. The molecule has 2 aromatic rings. The Morgan fingerprint density at radius 1 is 1.06 bits per heavy atom. The van der Waals surface area contributed by atoms with E-state index in [1.807, 2.05) is 13.2 Å². The van der Waals surface area contributed by atoms with Crippen LogP contribution in [-0.2, 0) is 7.05 Å². The fourth-order valence-electron chi connectivity index (χ4n) is 2.46. The van der Waals surface area contributed by atoms with Gasteiger partial charge in [0.1, 0.15) is 12.1 Å². The molecule has 1 fully saturated rings. The Labute approximate surface area is 106 Å². The molecule has 0 aliphatic carbocycles. The van der Waals surface area contributed by atoms with E-state index in [0.717, 1.165) is 43.0 Å². The molecule has 0 unspecified atom stereocenters. The first-order chi connectivity index (χ1) is 8.75. The zero-order valence-corrected chi connectivity index (χ0v) is 10.9. The number of fused-ring (bicyclic) bond motifs is 1. The fourth-order valence-corrected chi connectivity index (χ4v) is 2.46. The summed E-state index contributed by atoms with van der Waals surface area (Å²) < 4.78 is 1.80. The Morgan fingerprint density at radius 2 is 1.94 bits per heavy atom. The van der Waals surface area contributed by atoms with Crippen LogP contribution < -0.4 is 4.90 Å². The van der Waals surface area contributed by atoms with Crippen LogP contribution in [0, 0.1) is 0 Å². The zero-order chi connectivity index (χ0) is 12.5. The highest BCUT2D eigenvalue weighted by Crippen LogP contribution is 2.22. The molecule has 0 amide bonds. The van der Waals surface area contributed by atoms with Gasteiger partial charge in [-0.2, -0.15) is 5.10 Å². The van der Waals surface area contributed by atoms with E-state index in [-0.39, 0.29) is 0 Å². The molecular weight excluding hydrogens is 228 g/mol. The first kappa shape index (κ1) is 11.4. The van der Waals surface area contributed by atoms with Gasteiger partial charge >= 0.3 is 0 Å². The third-order valence-electron chi connectivity index (χ3n) is 3.53. The van der Waals surface area contributed by atoms with Crippen molar-refractivity contribution >= 4 is 16.9 Å². The van der Waals surface area contributed by atoms with E-state index in [1.165, 1.54) is 6.42 Å². The summed E-state index contributed by atoms with van der Waals surface area (Å²) in [6, 6.07) is 0. The highest BCUT2D eigenvalue weighted by Gasteiger charge is 2.17. The molecule has 3 heterocycles. The molecule has 3 rings (SSSR count). The molecule has 2 aromatic heterocycles. The van der Waals surface area contributed by atoms with E-state index in [2.05, 4.69) is 31.9 Å².